The second-order valence-corrected chi connectivity index (χ2v) is 7.16. The highest BCUT2D eigenvalue weighted by Gasteiger charge is 2.15. The van der Waals surface area contributed by atoms with Gasteiger partial charge in [-0.25, -0.2) is 0 Å². The maximum Gasteiger partial charge on any atom is 0.193 e. The van der Waals surface area contributed by atoms with Crippen molar-refractivity contribution in [2.75, 3.05) is 47.0 Å². The standard InChI is InChI=1S/C21H35N3O2.HI/c1-17-7-5-8-18(2)20(17)26-14-6-12-23-21(22-3)24(4)13-9-19-10-15-25-16-11-19;/h5,7-8,19H,6,9-16H2,1-4H3,(H,22,23);1H. The molecule has 0 unspecified atom stereocenters. The number of benzene rings is 1. The van der Waals surface area contributed by atoms with Gasteiger partial charge < -0.3 is 19.7 Å². The van der Waals surface area contributed by atoms with E-state index in [1.54, 1.807) is 0 Å². The summed E-state index contributed by atoms with van der Waals surface area (Å²) < 4.78 is 11.4. The molecular weight excluding hydrogens is 453 g/mol. The van der Waals surface area contributed by atoms with Crippen molar-refractivity contribution in [3.8, 4) is 5.75 Å². The Morgan fingerprint density at radius 2 is 1.93 bits per heavy atom. The van der Waals surface area contributed by atoms with Gasteiger partial charge >= 0.3 is 0 Å². The first-order chi connectivity index (χ1) is 12.6. The van der Waals surface area contributed by atoms with Gasteiger partial charge in [-0.1, -0.05) is 18.2 Å². The molecule has 0 spiro atoms. The number of halogens is 1. The lowest BCUT2D eigenvalue weighted by atomic mass is 9.96. The molecule has 1 saturated heterocycles. The average molecular weight is 489 g/mol. The van der Waals surface area contributed by atoms with Gasteiger partial charge in [0.1, 0.15) is 5.75 Å². The predicted octanol–water partition coefficient (Wildman–Crippen LogP) is 4.01. The molecule has 0 radical (unpaired) electrons. The predicted molar refractivity (Wildman–Crippen MR) is 124 cm³/mol. The number of ether oxygens (including phenoxy) is 2. The van der Waals surface area contributed by atoms with E-state index in [-0.39, 0.29) is 24.0 Å². The Hall–Kier alpha value is -1.02. The van der Waals surface area contributed by atoms with E-state index >= 15 is 0 Å². The Labute approximate surface area is 181 Å². The summed E-state index contributed by atoms with van der Waals surface area (Å²) in [5.41, 5.74) is 2.39. The number of hydrogen-bond donors (Lipinski definition) is 1. The highest BCUT2D eigenvalue weighted by Crippen LogP contribution is 2.22. The number of aryl methyl sites for hydroxylation is 2. The Morgan fingerprint density at radius 1 is 1.26 bits per heavy atom. The minimum atomic E-state index is 0. The van der Waals surface area contributed by atoms with Gasteiger partial charge in [0.05, 0.1) is 6.61 Å². The van der Waals surface area contributed by atoms with Crippen LogP contribution in [0.15, 0.2) is 23.2 Å². The highest BCUT2D eigenvalue weighted by atomic mass is 127. The molecule has 2 rings (SSSR count). The molecule has 0 aliphatic carbocycles. The van der Waals surface area contributed by atoms with Crippen LogP contribution in [0.3, 0.4) is 0 Å². The summed E-state index contributed by atoms with van der Waals surface area (Å²) in [5.74, 6) is 2.77. The maximum absolute atomic E-state index is 5.97. The molecule has 1 aromatic rings. The van der Waals surface area contributed by atoms with E-state index in [1.807, 2.05) is 7.05 Å². The monoisotopic (exact) mass is 489 g/mol. The molecule has 1 aliphatic rings. The Morgan fingerprint density at radius 3 is 2.56 bits per heavy atom. The van der Waals surface area contributed by atoms with E-state index in [0.717, 1.165) is 50.4 Å². The SMILES string of the molecule is CN=C(NCCCOc1c(C)cccc1C)N(C)CCC1CCOCC1.I. The van der Waals surface area contributed by atoms with Crippen LogP contribution in [0.5, 0.6) is 5.75 Å². The van der Waals surface area contributed by atoms with Crippen molar-refractivity contribution in [3.63, 3.8) is 0 Å². The van der Waals surface area contributed by atoms with Crippen LogP contribution < -0.4 is 10.1 Å². The molecule has 154 valence electrons. The number of rotatable bonds is 8. The summed E-state index contributed by atoms with van der Waals surface area (Å²) >= 11 is 0. The molecule has 5 nitrogen and oxygen atoms in total. The number of para-hydroxylation sites is 1. The molecule has 0 amide bonds. The minimum absolute atomic E-state index is 0. The zero-order valence-electron chi connectivity index (χ0n) is 17.3. The van der Waals surface area contributed by atoms with Crippen LogP contribution in [0.1, 0.15) is 36.8 Å². The Balaban J connectivity index is 0.00000364. The normalized spacial score (nSPS) is 15.2. The second kappa shape index (κ2) is 13.2. The maximum atomic E-state index is 5.97. The topological polar surface area (TPSA) is 46.1 Å². The van der Waals surface area contributed by atoms with Crippen molar-refractivity contribution in [3.05, 3.63) is 29.3 Å². The van der Waals surface area contributed by atoms with Crippen molar-refractivity contribution in [2.45, 2.75) is 39.5 Å². The van der Waals surface area contributed by atoms with Crippen LogP contribution in [0.2, 0.25) is 0 Å². The van der Waals surface area contributed by atoms with Gasteiger partial charge in [0.25, 0.3) is 0 Å². The zero-order chi connectivity index (χ0) is 18.8. The van der Waals surface area contributed by atoms with E-state index in [0.29, 0.717) is 6.61 Å². The fraction of sp³-hybridized carbons (Fsp3) is 0.667. The minimum Gasteiger partial charge on any atom is -0.493 e. The summed E-state index contributed by atoms with van der Waals surface area (Å²) in [4.78, 5) is 6.63. The molecule has 0 atom stereocenters. The van der Waals surface area contributed by atoms with Crippen molar-refractivity contribution < 1.29 is 9.47 Å². The zero-order valence-corrected chi connectivity index (χ0v) is 19.6. The van der Waals surface area contributed by atoms with Crippen LogP contribution in [0, 0.1) is 19.8 Å². The van der Waals surface area contributed by atoms with Crippen LogP contribution in [0.25, 0.3) is 0 Å². The first-order valence-corrected chi connectivity index (χ1v) is 9.80. The molecule has 1 fully saturated rings. The van der Waals surface area contributed by atoms with Gasteiger partial charge in [0.2, 0.25) is 0 Å². The van der Waals surface area contributed by atoms with E-state index in [2.05, 4.69) is 54.3 Å². The van der Waals surface area contributed by atoms with Gasteiger partial charge in [-0.15, -0.1) is 24.0 Å². The molecule has 1 heterocycles. The van der Waals surface area contributed by atoms with E-state index in [1.165, 1.54) is 30.4 Å². The largest absolute Gasteiger partial charge is 0.493 e. The van der Waals surface area contributed by atoms with Crippen molar-refractivity contribution >= 4 is 29.9 Å². The second-order valence-electron chi connectivity index (χ2n) is 7.16. The van der Waals surface area contributed by atoms with Crippen molar-refractivity contribution in [2.24, 2.45) is 10.9 Å². The lowest BCUT2D eigenvalue weighted by Gasteiger charge is -2.26. The Kier molecular flexibility index (Phi) is 11.7. The van der Waals surface area contributed by atoms with Gasteiger partial charge in [-0.2, -0.15) is 0 Å². The number of nitrogens with one attached hydrogen (secondary N) is 1. The van der Waals surface area contributed by atoms with E-state index in [4.69, 9.17) is 9.47 Å². The van der Waals surface area contributed by atoms with Gasteiger partial charge in [-0.3, -0.25) is 4.99 Å². The molecule has 1 aliphatic heterocycles. The summed E-state index contributed by atoms with van der Waals surface area (Å²) in [6.07, 6.45) is 4.53. The average Bonchev–Trinajstić information content (AvgIpc) is 2.65. The first-order valence-electron chi connectivity index (χ1n) is 9.80. The summed E-state index contributed by atoms with van der Waals surface area (Å²) in [7, 11) is 3.96. The molecule has 0 saturated carbocycles. The molecule has 0 aromatic heterocycles. The highest BCUT2D eigenvalue weighted by molar-refractivity contribution is 14.0. The lowest BCUT2D eigenvalue weighted by molar-refractivity contribution is 0.0625. The Bertz CT molecular complexity index is 554. The molecular formula is C21H36IN3O2. The van der Waals surface area contributed by atoms with Crippen LogP contribution in [-0.4, -0.2) is 57.9 Å². The summed E-state index contributed by atoms with van der Waals surface area (Å²) in [5, 5.41) is 3.44. The molecule has 6 heteroatoms. The lowest BCUT2D eigenvalue weighted by Crippen LogP contribution is -2.40. The first kappa shape index (κ1) is 24.0. The van der Waals surface area contributed by atoms with Crippen molar-refractivity contribution in [1.29, 1.82) is 0 Å². The van der Waals surface area contributed by atoms with Gasteiger partial charge in [0, 0.05) is 40.4 Å². The third-order valence-electron chi connectivity index (χ3n) is 5.05. The van der Waals surface area contributed by atoms with Crippen LogP contribution >= 0.6 is 24.0 Å². The number of aliphatic imine (C=N–C) groups is 1. The van der Waals surface area contributed by atoms with E-state index in [9.17, 15) is 0 Å². The molecule has 1 N–H and O–H groups in total. The fourth-order valence-corrected chi connectivity index (χ4v) is 3.38. The number of hydrogen-bond acceptors (Lipinski definition) is 3. The van der Waals surface area contributed by atoms with Crippen LogP contribution in [-0.2, 0) is 4.74 Å². The fourth-order valence-electron chi connectivity index (χ4n) is 3.38. The summed E-state index contributed by atoms with van der Waals surface area (Å²) in [6, 6.07) is 6.25. The van der Waals surface area contributed by atoms with Gasteiger partial charge in [0.15, 0.2) is 5.96 Å². The number of nitrogens with zero attached hydrogens (tertiary/aromatic N) is 2. The third-order valence-corrected chi connectivity index (χ3v) is 5.05. The van der Waals surface area contributed by atoms with Crippen molar-refractivity contribution in [1.82, 2.24) is 10.2 Å². The molecule has 1 aromatic carbocycles. The molecule has 27 heavy (non-hydrogen) atoms. The molecule has 0 bridgehead atoms. The van der Waals surface area contributed by atoms with Crippen LogP contribution in [0.4, 0.5) is 0 Å². The van der Waals surface area contributed by atoms with E-state index < -0.39 is 0 Å². The third kappa shape index (κ3) is 8.25. The van der Waals surface area contributed by atoms with Gasteiger partial charge in [-0.05, 0) is 56.6 Å². The smallest absolute Gasteiger partial charge is 0.193 e. The quantitative estimate of drug-likeness (QED) is 0.260. The summed E-state index contributed by atoms with van der Waals surface area (Å²) in [6.45, 7) is 8.62. The number of guanidine groups is 1.